The van der Waals surface area contributed by atoms with Crippen molar-refractivity contribution in [3.8, 4) is 11.8 Å². The summed E-state index contributed by atoms with van der Waals surface area (Å²) in [5.74, 6) is -2.21. The quantitative estimate of drug-likeness (QED) is 0.136. The molecule has 3 aromatic carbocycles. The normalized spacial score (nSPS) is 16.6. The fraction of sp³-hybridized carbons (Fsp3) is 0.314. The summed E-state index contributed by atoms with van der Waals surface area (Å²) < 4.78 is 56.7. The van der Waals surface area contributed by atoms with Crippen molar-refractivity contribution in [3.05, 3.63) is 101 Å². The lowest BCUT2D eigenvalue weighted by molar-refractivity contribution is -0.275. The molecule has 14 heteroatoms. The van der Waals surface area contributed by atoms with E-state index in [-0.39, 0.29) is 33.5 Å². The molecule has 0 radical (unpaired) electrons. The van der Waals surface area contributed by atoms with Crippen LogP contribution in [-0.2, 0) is 0 Å². The smallest absolute Gasteiger partial charge is 0.403 e. The van der Waals surface area contributed by atoms with Crippen molar-refractivity contribution in [2.24, 2.45) is 0 Å². The number of piperidine rings is 1. The monoisotopic (exact) mass is 694 g/mol. The first kappa shape index (κ1) is 34.1. The molecular formula is C35H35ClF4N8O. The number of nitrogens with zero attached hydrogens (tertiary/aromatic N) is 4. The lowest BCUT2D eigenvalue weighted by Crippen LogP contribution is -2.52. The Morgan fingerprint density at radius 1 is 1.04 bits per heavy atom. The van der Waals surface area contributed by atoms with Crippen LogP contribution >= 0.6 is 11.6 Å². The van der Waals surface area contributed by atoms with E-state index in [1.54, 1.807) is 12.1 Å². The Labute approximate surface area is 286 Å². The molecule has 1 atom stereocenters. The molecule has 1 fully saturated rings. The first-order valence-corrected chi connectivity index (χ1v) is 16.1. The van der Waals surface area contributed by atoms with Gasteiger partial charge in [0.1, 0.15) is 6.07 Å². The number of nitrogens with one attached hydrogen (secondary N) is 4. The highest BCUT2D eigenvalue weighted by Gasteiger charge is 2.33. The number of halogens is 5. The van der Waals surface area contributed by atoms with E-state index in [9.17, 15) is 22.8 Å². The van der Waals surface area contributed by atoms with Crippen LogP contribution in [0.2, 0.25) is 5.02 Å². The Morgan fingerprint density at radius 3 is 2.45 bits per heavy atom. The van der Waals surface area contributed by atoms with E-state index in [0.717, 1.165) is 49.3 Å². The van der Waals surface area contributed by atoms with Crippen molar-refractivity contribution >= 4 is 39.6 Å². The fourth-order valence-corrected chi connectivity index (χ4v) is 6.41. The van der Waals surface area contributed by atoms with E-state index in [1.165, 1.54) is 12.3 Å². The molecule has 2 aliphatic heterocycles. The molecule has 3 heterocycles. The second-order valence-electron chi connectivity index (χ2n) is 12.9. The van der Waals surface area contributed by atoms with Crippen molar-refractivity contribution in [3.63, 3.8) is 0 Å². The standard InChI is InChI=1S/C35H35ClF4N8O/c1-34(2,3)47-13-11-25(12-14-47)48-20-29(45-46-48)32(21-7-5-4-6-8-21)44-24-15-26-31(22(18-41)19-42-33(26)27(36)16-24)43-23-9-10-28(37)30(17-23)49-35(38,39)40/h4-10,15-17,19-20,25,32,44-46H,11-14H2,1-3H3,(H,42,43)/t32-/m0/s1. The van der Waals surface area contributed by atoms with E-state index < -0.39 is 17.9 Å². The SMILES string of the molecule is CC(C)(C)N1CCC(N2C=C([C@@H](Nc3cc(Cl)c4ncc(C#N)c(Nc5ccc(F)c(OC(F)(F)F)c5)c4c3)c3ccccc3)NN2)CC1. The van der Waals surface area contributed by atoms with E-state index in [1.807, 2.05) is 30.3 Å². The van der Waals surface area contributed by atoms with Crippen LogP contribution in [0.15, 0.2) is 78.8 Å². The van der Waals surface area contributed by atoms with Gasteiger partial charge in [-0.25, -0.2) is 4.39 Å². The molecule has 6 rings (SSSR count). The van der Waals surface area contributed by atoms with Crippen molar-refractivity contribution in [2.45, 2.75) is 57.6 Å². The number of nitriles is 1. The van der Waals surface area contributed by atoms with E-state index in [2.05, 4.69) is 74.3 Å². The molecule has 4 N–H and O–H groups in total. The van der Waals surface area contributed by atoms with Gasteiger partial charge in [0.05, 0.1) is 33.5 Å². The highest BCUT2D eigenvalue weighted by molar-refractivity contribution is 6.36. The number of alkyl halides is 3. The van der Waals surface area contributed by atoms with Gasteiger partial charge in [0, 0.05) is 59.9 Å². The fourth-order valence-electron chi connectivity index (χ4n) is 6.15. The van der Waals surface area contributed by atoms with E-state index >= 15 is 0 Å². The van der Waals surface area contributed by atoms with Gasteiger partial charge < -0.3 is 20.8 Å². The molecule has 0 aliphatic carbocycles. The summed E-state index contributed by atoms with van der Waals surface area (Å²) in [6, 6.07) is 18.3. The highest BCUT2D eigenvalue weighted by Crippen LogP contribution is 2.38. The first-order valence-electron chi connectivity index (χ1n) is 15.7. The molecule has 0 bridgehead atoms. The molecule has 9 nitrogen and oxygen atoms in total. The molecule has 0 spiro atoms. The first-order chi connectivity index (χ1) is 23.3. The minimum Gasteiger partial charge on any atom is -0.403 e. The highest BCUT2D eigenvalue weighted by atomic mass is 35.5. The lowest BCUT2D eigenvalue weighted by Gasteiger charge is -2.42. The number of rotatable bonds is 8. The van der Waals surface area contributed by atoms with Crippen LogP contribution in [0.3, 0.4) is 0 Å². The van der Waals surface area contributed by atoms with Gasteiger partial charge in [-0.2, -0.15) is 5.26 Å². The zero-order valence-electron chi connectivity index (χ0n) is 27.0. The predicted molar refractivity (Wildman–Crippen MR) is 181 cm³/mol. The van der Waals surface area contributed by atoms with E-state index in [4.69, 9.17) is 11.6 Å². The maximum atomic E-state index is 14.2. The van der Waals surface area contributed by atoms with Gasteiger partial charge in [-0.05, 0) is 63.4 Å². The summed E-state index contributed by atoms with van der Waals surface area (Å²) in [7, 11) is 0. The van der Waals surface area contributed by atoms with Gasteiger partial charge in [0.15, 0.2) is 11.6 Å². The number of hydrogen-bond donors (Lipinski definition) is 4. The maximum absolute atomic E-state index is 14.2. The zero-order chi connectivity index (χ0) is 34.9. The molecule has 2 aliphatic rings. The maximum Gasteiger partial charge on any atom is 0.573 e. The largest absolute Gasteiger partial charge is 0.573 e. The number of hydrogen-bond acceptors (Lipinski definition) is 9. The Hall–Kier alpha value is -4.77. The number of likely N-dealkylation sites (tertiary alicyclic amines) is 1. The van der Waals surface area contributed by atoms with Crippen LogP contribution in [0, 0.1) is 17.1 Å². The molecule has 4 aromatic rings. The predicted octanol–water partition coefficient (Wildman–Crippen LogP) is 8.12. The Morgan fingerprint density at radius 2 is 1.78 bits per heavy atom. The van der Waals surface area contributed by atoms with Crippen molar-refractivity contribution in [1.82, 2.24) is 25.9 Å². The molecule has 0 saturated carbocycles. The van der Waals surface area contributed by atoms with Gasteiger partial charge in [-0.3, -0.25) is 14.9 Å². The third kappa shape index (κ3) is 7.77. The topological polar surface area (TPSA) is 101 Å². The summed E-state index contributed by atoms with van der Waals surface area (Å²) in [6.07, 6.45) is 0.293. The van der Waals surface area contributed by atoms with E-state index in [0.29, 0.717) is 22.6 Å². The summed E-state index contributed by atoms with van der Waals surface area (Å²) in [5, 5.41) is 19.3. The molecule has 256 valence electrons. The van der Waals surface area contributed by atoms with Crippen LogP contribution in [0.4, 0.5) is 34.6 Å². The Kier molecular flexibility index (Phi) is 9.48. The second kappa shape index (κ2) is 13.6. The molecular weight excluding hydrogens is 660 g/mol. The van der Waals surface area contributed by atoms with Gasteiger partial charge in [-0.15, -0.1) is 18.7 Å². The summed E-state index contributed by atoms with van der Waals surface area (Å²) >= 11 is 6.75. The van der Waals surface area contributed by atoms with Crippen LogP contribution < -0.4 is 26.3 Å². The number of hydrazine groups is 2. The Bertz CT molecular complexity index is 1900. The summed E-state index contributed by atoms with van der Waals surface area (Å²) in [5.41, 5.74) is 9.94. The van der Waals surface area contributed by atoms with Gasteiger partial charge in [-0.1, -0.05) is 41.9 Å². The number of fused-ring (bicyclic) bond motifs is 1. The van der Waals surface area contributed by atoms with Crippen molar-refractivity contribution in [2.75, 3.05) is 23.7 Å². The Balaban J connectivity index is 1.33. The number of benzene rings is 3. The third-order valence-corrected chi connectivity index (χ3v) is 8.93. The van der Waals surface area contributed by atoms with Crippen LogP contribution in [0.25, 0.3) is 10.9 Å². The third-order valence-electron chi connectivity index (χ3n) is 8.64. The number of ether oxygens (including phenoxy) is 1. The molecule has 0 amide bonds. The second-order valence-corrected chi connectivity index (χ2v) is 13.3. The van der Waals surface area contributed by atoms with Gasteiger partial charge in [0.2, 0.25) is 0 Å². The van der Waals surface area contributed by atoms with Crippen LogP contribution in [0.1, 0.15) is 50.8 Å². The lowest BCUT2D eigenvalue weighted by atomic mass is 9.98. The van der Waals surface area contributed by atoms with Gasteiger partial charge >= 0.3 is 6.36 Å². The minimum atomic E-state index is -5.09. The number of pyridine rings is 1. The number of aromatic nitrogens is 1. The van der Waals surface area contributed by atoms with Crippen molar-refractivity contribution in [1.29, 1.82) is 5.26 Å². The summed E-state index contributed by atoms with van der Waals surface area (Å²) in [6.45, 7) is 8.69. The number of anilines is 3. The molecule has 0 unspecified atom stereocenters. The minimum absolute atomic E-state index is 0.0566. The van der Waals surface area contributed by atoms with Gasteiger partial charge in [0.25, 0.3) is 0 Å². The molecule has 1 saturated heterocycles. The average Bonchev–Trinajstić information content (AvgIpc) is 3.55. The van der Waals surface area contributed by atoms with Crippen LogP contribution in [0.5, 0.6) is 5.75 Å². The summed E-state index contributed by atoms with van der Waals surface area (Å²) in [4.78, 5) is 6.87. The molecule has 49 heavy (non-hydrogen) atoms. The zero-order valence-corrected chi connectivity index (χ0v) is 27.8. The molecule has 1 aromatic heterocycles. The average molecular weight is 695 g/mol. The van der Waals surface area contributed by atoms with Crippen molar-refractivity contribution < 1.29 is 22.3 Å². The van der Waals surface area contributed by atoms with Crippen LogP contribution in [-0.4, -0.2) is 45.9 Å².